The van der Waals surface area contributed by atoms with Gasteiger partial charge in [0.15, 0.2) is 0 Å². The van der Waals surface area contributed by atoms with Gasteiger partial charge in [0.25, 0.3) is 0 Å². The SMILES string of the molecule is COc1ccc(C#Cc2ccc3c(c2)C2(C(=O)N3)C(C(=O)NCC(O)c3ccccc3)C3C(=O)OC(c4ccccc4)C(c4ccccc4)N3C2c2ccc(O)cc2)cc1. The lowest BCUT2D eigenvalue weighted by molar-refractivity contribution is -0.178. The van der Waals surface area contributed by atoms with Gasteiger partial charge in [0, 0.05) is 23.4 Å². The number of benzene rings is 6. The van der Waals surface area contributed by atoms with Crippen LogP contribution in [-0.4, -0.2) is 52.6 Å². The highest BCUT2D eigenvalue weighted by Gasteiger charge is 2.74. The van der Waals surface area contributed by atoms with Gasteiger partial charge in [-0.05, 0) is 82.4 Å². The van der Waals surface area contributed by atoms with Gasteiger partial charge in [-0.2, -0.15) is 0 Å². The van der Waals surface area contributed by atoms with E-state index in [0.29, 0.717) is 33.7 Å². The topological polar surface area (TPSA) is 137 Å². The second-order valence-corrected chi connectivity index (χ2v) is 15.2. The number of aliphatic hydroxyl groups excluding tert-OH is 1. The summed E-state index contributed by atoms with van der Waals surface area (Å²) in [6, 6.07) is 44.4. The molecule has 60 heavy (non-hydrogen) atoms. The number of nitrogens with zero attached hydrogens (tertiary/aromatic N) is 1. The molecule has 3 aliphatic heterocycles. The van der Waals surface area contributed by atoms with Crippen LogP contribution in [0.3, 0.4) is 0 Å². The van der Waals surface area contributed by atoms with E-state index in [1.807, 2.05) is 108 Å². The van der Waals surface area contributed by atoms with Crippen molar-refractivity contribution in [3.05, 3.63) is 197 Å². The number of hydrogen-bond acceptors (Lipinski definition) is 8. The lowest BCUT2D eigenvalue weighted by atomic mass is 9.65. The maximum absolute atomic E-state index is 15.4. The Labute approximate surface area is 347 Å². The maximum Gasteiger partial charge on any atom is 0.324 e. The lowest BCUT2D eigenvalue weighted by Gasteiger charge is -2.46. The Kier molecular flexibility index (Phi) is 10.1. The molecule has 0 bridgehead atoms. The number of ether oxygens (including phenoxy) is 2. The molecule has 6 aromatic carbocycles. The molecule has 1 spiro atoms. The zero-order chi connectivity index (χ0) is 41.4. The maximum atomic E-state index is 15.4. The van der Waals surface area contributed by atoms with Gasteiger partial charge in [-0.3, -0.25) is 19.3 Å². The fraction of sp³-hybridized carbons (Fsp3) is 0.180. The van der Waals surface area contributed by atoms with Crippen LogP contribution in [-0.2, 0) is 24.5 Å². The van der Waals surface area contributed by atoms with Crippen LogP contribution in [0.1, 0.15) is 63.2 Å². The number of phenolic OH excluding ortho intramolecular Hbond substituents is 1. The Morgan fingerprint density at radius 3 is 2.07 bits per heavy atom. The van der Waals surface area contributed by atoms with E-state index < -0.39 is 59.5 Å². The third-order valence-corrected chi connectivity index (χ3v) is 11.9. The summed E-state index contributed by atoms with van der Waals surface area (Å²) in [5.74, 6) is 4.03. The quantitative estimate of drug-likeness (QED) is 0.0963. The summed E-state index contributed by atoms with van der Waals surface area (Å²) >= 11 is 0. The first kappa shape index (κ1) is 38.3. The first-order chi connectivity index (χ1) is 29.3. The van der Waals surface area contributed by atoms with Gasteiger partial charge in [-0.15, -0.1) is 0 Å². The van der Waals surface area contributed by atoms with Crippen molar-refractivity contribution in [1.82, 2.24) is 10.2 Å². The van der Waals surface area contributed by atoms with E-state index in [4.69, 9.17) is 9.47 Å². The van der Waals surface area contributed by atoms with Gasteiger partial charge in [0.05, 0.1) is 31.2 Å². The predicted octanol–water partition coefficient (Wildman–Crippen LogP) is 6.92. The minimum absolute atomic E-state index is 0.0127. The van der Waals surface area contributed by atoms with Crippen molar-refractivity contribution in [2.75, 3.05) is 19.0 Å². The van der Waals surface area contributed by atoms with Gasteiger partial charge in [-0.25, -0.2) is 0 Å². The van der Waals surface area contributed by atoms with Crippen molar-refractivity contribution in [2.24, 2.45) is 5.92 Å². The van der Waals surface area contributed by atoms with Crippen molar-refractivity contribution in [2.45, 2.75) is 35.7 Å². The number of methoxy groups -OCH3 is 1. The molecule has 2 fully saturated rings. The standard InChI is InChI=1S/C50H41N3O7/c1-59-38-26-19-31(20-27-38)17-18-32-21-28-40-39(29-32)50(49(58)52-40)42(47(56)51-30-41(55)33-11-5-2-6-12-33)44-48(57)60-45(35-15-9-4-10-16-35)43(34-13-7-3-8-14-34)53(44)46(50)36-22-24-37(54)25-23-36/h2-16,19-29,41-46,54-55H,30H2,1H3,(H,51,56)(H,52,58). The monoisotopic (exact) mass is 795 g/mol. The van der Waals surface area contributed by atoms with Gasteiger partial charge >= 0.3 is 5.97 Å². The number of cyclic esters (lactones) is 1. The van der Waals surface area contributed by atoms with Crippen LogP contribution < -0.4 is 15.4 Å². The Balaban J connectivity index is 1.27. The van der Waals surface area contributed by atoms with E-state index in [9.17, 15) is 15.0 Å². The van der Waals surface area contributed by atoms with Crippen molar-refractivity contribution in [1.29, 1.82) is 0 Å². The summed E-state index contributed by atoms with van der Waals surface area (Å²) in [4.78, 5) is 47.6. The second kappa shape index (κ2) is 15.9. The van der Waals surface area contributed by atoms with Crippen molar-refractivity contribution in [3.63, 3.8) is 0 Å². The van der Waals surface area contributed by atoms with Crippen LogP contribution in [0, 0.1) is 17.8 Å². The number of carbonyl (C=O) groups excluding carboxylic acids is 3. The number of esters is 1. The molecule has 7 atom stereocenters. The van der Waals surface area contributed by atoms with Crippen LogP contribution in [0.15, 0.2) is 158 Å². The highest BCUT2D eigenvalue weighted by molar-refractivity contribution is 6.12. The van der Waals surface area contributed by atoms with Crippen molar-refractivity contribution >= 4 is 23.5 Å². The molecule has 298 valence electrons. The molecule has 10 nitrogen and oxygen atoms in total. The van der Waals surface area contributed by atoms with Crippen LogP contribution in [0.25, 0.3) is 0 Å². The molecule has 3 heterocycles. The number of fused-ring (bicyclic) bond motifs is 3. The van der Waals surface area contributed by atoms with Gasteiger partial charge in [-0.1, -0.05) is 115 Å². The molecular weight excluding hydrogens is 755 g/mol. The number of morpholine rings is 1. The normalized spacial score (nSPS) is 23.3. The van der Waals surface area contributed by atoms with E-state index in [1.165, 1.54) is 0 Å². The van der Waals surface area contributed by atoms with Gasteiger partial charge in [0.2, 0.25) is 11.8 Å². The molecular formula is C50H41N3O7. The molecule has 2 saturated heterocycles. The van der Waals surface area contributed by atoms with E-state index in [2.05, 4.69) is 22.5 Å². The van der Waals surface area contributed by atoms with Crippen LogP contribution >= 0.6 is 0 Å². The molecule has 9 rings (SSSR count). The number of phenols is 1. The number of anilines is 1. The Morgan fingerprint density at radius 1 is 0.783 bits per heavy atom. The third-order valence-electron chi connectivity index (χ3n) is 11.9. The number of aromatic hydroxyl groups is 1. The molecule has 7 unspecified atom stereocenters. The second-order valence-electron chi connectivity index (χ2n) is 15.2. The van der Waals surface area contributed by atoms with Crippen LogP contribution in [0.2, 0.25) is 0 Å². The highest BCUT2D eigenvalue weighted by Crippen LogP contribution is 2.64. The zero-order valence-corrected chi connectivity index (χ0v) is 32.6. The molecule has 2 amide bonds. The average molecular weight is 796 g/mol. The van der Waals surface area contributed by atoms with Crippen LogP contribution in [0.4, 0.5) is 5.69 Å². The summed E-state index contributed by atoms with van der Waals surface area (Å²) in [5.41, 5.74) is 3.27. The van der Waals surface area contributed by atoms with E-state index in [-0.39, 0.29) is 12.3 Å². The number of hydrogen-bond donors (Lipinski definition) is 4. The molecule has 6 aromatic rings. The largest absolute Gasteiger partial charge is 0.508 e. The first-order valence-electron chi connectivity index (χ1n) is 19.8. The van der Waals surface area contributed by atoms with Gasteiger partial charge < -0.3 is 30.3 Å². The Bertz CT molecular complexity index is 2610. The first-order valence-corrected chi connectivity index (χ1v) is 19.8. The molecule has 0 aromatic heterocycles. The number of amides is 2. The van der Waals surface area contributed by atoms with E-state index in [0.717, 1.165) is 16.7 Å². The Hall–Kier alpha value is -7.19. The molecule has 0 saturated carbocycles. The fourth-order valence-corrected chi connectivity index (χ4v) is 9.25. The van der Waals surface area contributed by atoms with Crippen molar-refractivity contribution in [3.8, 4) is 23.3 Å². The summed E-state index contributed by atoms with van der Waals surface area (Å²) in [6.45, 7) is -0.183. The number of aliphatic hydroxyl groups is 1. The predicted molar refractivity (Wildman–Crippen MR) is 225 cm³/mol. The van der Waals surface area contributed by atoms with E-state index in [1.54, 1.807) is 61.7 Å². The van der Waals surface area contributed by atoms with E-state index >= 15 is 9.59 Å². The smallest absolute Gasteiger partial charge is 0.324 e. The summed E-state index contributed by atoms with van der Waals surface area (Å²) in [6.07, 6.45) is -1.90. The van der Waals surface area contributed by atoms with Crippen LogP contribution in [0.5, 0.6) is 11.5 Å². The summed E-state index contributed by atoms with van der Waals surface area (Å²) in [5, 5.41) is 27.8. The summed E-state index contributed by atoms with van der Waals surface area (Å²) in [7, 11) is 1.60. The Morgan fingerprint density at radius 2 is 1.40 bits per heavy atom. The lowest BCUT2D eigenvalue weighted by Crippen LogP contribution is -2.55. The molecule has 3 aliphatic rings. The zero-order valence-electron chi connectivity index (χ0n) is 32.6. The minimum Gasteiger partial charge on any atom is -0.508 e. The van der Waals surface area contributed by atoms with Crippen molar-refractivity contribution < 1.29 is 34.1 Å². The average Bonchev–Trinajstić information content (AvgIpc) is 3.77. The number of rotatable bonds is 8. The summed E-state index contributed by atoms with van der Waals surface area (Å²) < 4.78 is 11.8. The molecule has 0 aliphatic carbocycles. The number of carbonyl (C=O) groups is 3. The molecule has 0 radical (unpaired) electrons. The minimum atomic E-state index is -1.76. The molecule has 4 N–H and O–H groups in total. The van der Waals surface area contributed by atoms with Gasteiger partial charge in [0.1, 0.15) is 29.1 Å². The number of nitrogens with one attached hydrogen (secondary N) is 2. The molecule has 10 heteroatoms. The highest BCUT2D eigenvalue weighted by atomic mass is 16.6. The fourth-order valence-electron chi connectivity index (χ4n) is 9.25. The third kappa shape index (κ3) is 6.64.